The van der Waals surface area contributed by atoms with Gasteiger partial charge in [-0.05, 0) is 30.7 Å². The first-order chi connectivity index (χ1) is 18.2. The van der Waals surface area contributed by atoms with Gasteiger partial charge in [-0.15, -0.1) is 0 Å². The van der Waals surface area contributed by atoms with Crippen LogP contribution in [0.15, 0.2) is 47.9 Å². The van der Waals surface area contributed by atoms with Crippen LogP contribution in [0.25, 0.3) is 17.0 Å². The molecule has 1 aliphatic rings. The van der Waals surface area contributed by atoms with Crippen LogP contribution in [0.5, 0.6) is 5.75 Å². The number of nitrogens with one attached hydrogen (secondary N) is 2. The van der Waals surface area contributed by atoms with E-state index in [0.717, 1.165) is 23.0 Å². The van der Waals surface area contributed by atoms with Crippen LogP contribution in [0.4, 0.5) is 15.8 Å². The van der Waals surface area contributed by atoms with Gasteiger partial charge in [-0.3, -0.25) is 4.90 Å². The first kappa shape index (κ1) is 27.4. The highest BCUT2D eigenvalue weighted by Gasteiger charge is 2.29. The lowest BCUT2D eigenvalue weighted by Crippen LogP contribution is -2.48. The van der Waals surface area contributed by atoms with Crippen molar-refractivity contribution in [2.75, 3.05) is 56.8 Å². The Morgan fingerprint density at radius 3 is 2.82 bits per heavy atom. The SMILES string of the molecule is C=Cc1c2cccc(N[C@@H]3CCN(CCO)C[C@@H]3F)c2nn1C#CCNc1ccc(S(C)(=O)=O)cc1OC. The molecule has 1 aromatic heterocycles. The molecule has 2 atom stereocenters. The summed E-state index contributed by atoms with van der Waals surface area (Å²) in [6.07, 6.45) is 2.37. The van der Waals surface area contributed by atoms with E-state index >= 15 is 0 Å². The van der Waals surface area contributed by atoms with E-state index in [1.165, 1.54) is 19.2 Å². The third-order valence-electron chi connectivity index (χ3n) is 6.47. The highest BCUT2D eigenvalue weighted by Crippen LogP contribution is 2.29. The van der Waals surface area contributed by atoms with Gasteiger partial charge in [0.25, 0.3) is 0 Å². The summed E-state index contributed by atoms with van der Waals surface area (Å²) in [6.45, 7) is 5.64. The van der Waals surface area contributed by atoms with E-state index in [1.54, 1.807) is 16.8 Å². The molecule has 1 saturated heterocycles. The van der Waals surface area contributed by atoms with Crippen LogP contribution < -0.4 is 15.4 Å². The molecule has 1 aliphatic heterocycles. The fraction of sp³-hybridized carbons (Fsp3) is 0.370. The maximum absolute atomic E-state index is 14.8. The number of nitrogens with zero attached hydrogens (tertiary/aromatic N) is 3. The van der Waals surface area contributed by atoms with Crippen molar-refractivity contribution in [1.82, 2.24) is 14.7 Å². The Bertz CT molecular complexity index is 1480. The van der Waals surface area contributed by atoms with Gasteiger partial charge in [-0.25, -0.2) is 12.8 Å². The normalized spacial score (nSPS) is 18.0. The Kier molecular flexibility index (Phi) is 8.56. The van der Waals surface area contributed by atoms with Gasteiger partial charge in [-0.2, -0.15) is 9.78 Å². The number of halogens is 1. The van der Waals surface area contributed by atoms with E-state index in [1.807, 2.05) is 23.1 Å². The number of methoxy groups -OCH3 is 1. The molecular formula is C27H32FN5O4S. The number of hydrogen-bond acceptors (Lipinski definition) is 8. The molecule has 38 heavy (non-hydrogen) atoms. The smallest absolute Gasteiger partial charge is 0.175 e. The fourth-order valence-electron chi connectivity index (χ4n) is 4.50. The molecule has 0 saturated carbocycles. The molecule has 202 valence electrons. The molecule has 4 rings (SSSR count). The molecule has 9 nitrogen and oxygen atoms in total. The predicted molar refractivity (Wildman–Crippen MR) is 148 cm³/mol. The van der Waals surface area contributed by atoms with E-state index in [-0.39, 0.29) is 30.6 Å². The van der Waals surface area contributed by atoms with Gasteiger partial charge >= 0.3 is 0 Å². The highest BCUT2D eigenvalue weighted by atomic mass is 32.2. The van der Waals surface area contributed by atoms with Crippen LogP contribution in [0.1, 0.15) is 12.1 Å². The molecule has 0 spiro atoms. The van der Waals surface area contributed by atoms with Crippen LogP contribution in [0.2, 0.25) is 0 Å². The number of hydrogen-bond donors (Lipinski definition) is 3. The molecule has 0 aliphatic carbocycles. The summed E-state index contributed by atoms with van der Waals surface area (Å²) in [6, 6.07) is 13.0. The van der Waals surface area contributed by atoms with Crippen LogP contribution in [-0.4, -0.2) is 86.6 Å². The zero-order valence-electron chi connectivity index (χ0n) is 21.4. The second kappa shape index (κ2) is 11.9. The number of alkyl halides is 1. The highest BCUT2D eigenvalue weighted by molar-refractivity contribution is 7.90. The summed E-state index contributed by atoms with van der Waals surface area (Å²) in [5.74, 6) is 3.42. The molecule has 0 radical (unpaired) electrons. The van der Waals surface area contributed by atoms with Crippen molar-refractivity contribution in [3.63, 3.8) is 0 Å². The average Bonchev–Trinajstić information content (AvgIpc) is 3.26. The largest absolute Gasteiger partial charge is 0.495 e. The van der Waals surface area contributed by atoms with Crippen molar-refractivity contribution >= 4 is 38.2 Å². The number of anilines is 2. The van der Waals surface area contributed by atoms with Crippen LogP contribution in [0.3, 0.4) is 0 Å². The lowest BCUT2D eigenvalue weighted by molar-refractivity contribution is 0.107. The second-order valence-electron chi connectivity index (χ2n) is 9.06. The fourth-order valence-corrected chi connectivity index (χ4v) is 5.14. The number of aromatic nitrogens is 2. The minimum atomic E-state index is -3.35. The molecule has 3 aromatic rings. The zero-order valence-corrected chi connectivity index (χ0v) is 22.3. The van der Waals surface area contributed by atoms with Crippen LogP contribution >= 0.6 is 0 Å². The quantitative estimate of drug-likeness (QED) is 0.355. The van der Waals surface area contributed by atoms with Crippen molar-refractivity contribution in [2.24, 2.45) is 0 Å². The number of fused-ring (bicyclic) bond motifs is 1. The van der Waals surface area contributed by atoms with E-state index < -0.39 is 16.0 Å². The first-order valence-corrected chi connectivity index (χ1v) is 14.1. The number of ether oxygens (including phenoxy) is 1. The molecule has 0 amide bonds. The second-order valence-corrected chi connectivity index (χ2v) is 11.1. The zero-order chi connectivity index (χ0) is 27.3. The topological polar surface area (TPSA) is 109 Å². The van der Waals surface area contributed by atoms with Crippen LogP contribution in [0, 0.1) is 12.0 Å². The summed E-state index contributed by atoms with van der Waals surface area (Å²) in [5, 5.41) is 21.1. The lowest BCUT2D eigenvalue weighted by Gasteiger charge is -2.35. The van der Waals surface area contributed by atoms with Gasteiger partial charge in [0.05, 0.1) is 48.3 Å². The number of piperidine rings is 1. The minimum absolute atomic E-state index is 0.0193. The standard InChI is InChI=1S/C27H32FN5O4S/c1-4-25-20-7-5-8-24(30-22-11-14-32(15-16-34)18-21(22)28)27(20)31-33(25)13-6-12-29-23-10-9-19(38(3,35)36)17-26(23)37-2/h4-5,7-10,17,21-22,29-30,34H,1,11-12,14-16,18H2,2-3H3/t21-,22+/m0/s1. The van der Waals surface area contributed by atoms with Crippen LogP contribution in [-0.2, 0) is 9.84 Å². The number of benzene rings is 2. The number of sulfone groups is 1. The molecule has 1 fully saturated rings. The maximum Gasteiger partial charge on any atom is 0.175 e. The molecule has 11 heteroatoms. The van der Waals surface area contributed by atoms with E-state index in [0.29, 0.717) is 36.5 Å². The minimum Gasteiger partial charge on any atom is -0.495 e. The van der Waals surface area contributed by atoms with Gasteiger partial charge in [0.2, 0.25) is 0 Å². The molecule has 2 heterocycles. The van der Waals surface area contributed by atoms with E-state index in [9.17, 15) is 12.8 Å². The van der Waals surface area contributed by atoms with Gasteiger partial charge in [0.15, 0.2) is 9.84 Å². The summed E-state index contributed by atoms with van der Waals surface area (Å²) >= 11 is 0. The van der Waals surface area contributed by atoms with Gasteiger partial charge in [-0.1, -0.05) is 24.6 Å². The maximum atomic E-state index is 14.8. The molecule has 3 N–H and O–H groups in total. The van der Waals surface area contributed by atoms with Crippen molar-refractivity contribution in [3.8, 4) is 17.7 Å². The van der Waals surface area contributed by atoms with E-state index in [4.69, 9.17) is 9.84 Å². The molecule has 2 aromatic carbocycles. The summed E-state index contributed by atoms with van der Waals surface area (Å²) in [5.41, 5.74) is 2.73. The Morgan fingerprint density at radius 2 is 2.13 bits per heavy atom. The number of rotatable bonds is 9. The van der Waals surface area contributed by atoms with Gasteiger partial charge < -0.3 is 20.5 Å². The van der Waals surface area contributed by atoms with Gasteiger partial charge in [0.1, 0.15) is 17.4 Å². The van der Waals surface area contributed by atoms with Crippen molar-refractivity contribution in [2.45, 2.75) is 23.5 Å². The number of likely N-dealkylation sites (tertiary alicyclic amines) is 1. The molecule has 0 unspecified atom stereocenters. The third kappa shape index (κ3) is 6.10. The Morgan fingerprint density at radius 1 is 1.32 bits per heavy atom. The lowest BCUT2D eigenvalue weighted by atomic mass is 10.0. The summed E-state index contributed by atoms with van der Waals surface area (Å²) in [4.78, 5) is 2.09. The number of β-amino-alcohol motifs (C(OH)–C–C–N with tert-alkyl or cyclic N) is 1. The Hall–Kier alpha value is -3.59. The van der Waals surface area contributed by atoms with Crippen molar-refractivity contribution < 1.29 is 22.7 Å². The first-order valence-electron chi connectivity index (χ1n) is 12.2. The monoisotopic (exact) mass is 541 g/mol. The number of aliphatic hydroxyl groups excluding tert-OH is 1. The summed E-state index contributed by atoms with van der Waals surface area (Å²) in [7, 11) is -1.88. The van der Waals surface area contributed by atoms with Crippen molar-refractivity contribution in [3.05, 3.63) is 48.7 Å². The average molecular weight is 542 g/mol. The Balaban J connectivity index is 1.51. The molecular weight excluding hydrogens is 509 g/mol. The van der Waals surface area contributed by atoms with Crippen molar-refractivity contribution in [1.29, 1.82) is 0 Å². The third-order valence-corrected chi connectivity index (χ3v) is 7.58. The number of aliphatic hydroxyl groups is 1. The van der Waals surface area contributed by atoms with Gasteiger partial charge in [0, 0.05) is 43.4 Å². The van der Waals surface area contributed by atoms with E-state index in [2.05, 4.69) is 34.3 Å². The summed E-state index contributed by atoms with van der Waals surface area (Å²) < 4.78 is 45.3. The predicted octanol–water partition coefficient (Wildman–Crippen LogP) is 2.83. The Labute approximate surface area is 222 Å². The molecule has 0 bridgehead atoms.